The van der Waals surface area contributed by atoms with Crippen molar-refractivity contribution in [1.29, 1.82) is 0 Å². The standard InChI is InChI=1S/C14H21N3O/c15-12-5-4-10-17(11-12)14(18)8-3-7-13-6-1-2-9-16-13/h1-2,6,9,12H,3-5,7-8,10-11,15H2. The monoisotopic (exact) mass is 247 g/mol. The van der Waals surface area contributed by atoms with E-state index in [4.69, 9.17) is 5.73 Å². The Hall–Kier alpha value is -1.42. The molecule has 0 spiro atoms. The zero-order valence-corrected chi connectivity index (χ0v) is 10.7. The van der Waals surface area contributed by atoms with Crippen LogP contribution in [0.2, 0.25) is 0 Å². The third-order valence-corrected chi connectivity index (χ3v) is 3.36. The SMILES string of the molecule is NC1CCCN(C(=O)CCCc2ccccn2)C1. The predicted molar refractivity (Wildman–Crippen MR) is 71.0 cm³/mol. The number of aromatic nitrogens is 1. The van der Waals surface area contributed by atoms with Crippen LogP contribution in [0.4, 0.5) is 0 Å². The van der Waals surface area contributed by atoms with Gasteiger partial charge in [0.2, 0.25) is 5.91 Å². The number of carbonyl (C=O) groups excluding carboxylic acids is 1. The molecule has 1 amide bonds. The molecular formula is C14H21N3O. The van der Waals surface area contributed by atoms with E-state index in [0.717, 1.165) is 44.5 Å². The van der Waals surface area contributed by atoms with Crippen LogP contribution >= 0.6 is 0 Å². The van der Waals surface area contributed by atoms with E-state index in [-0.39, 0.29) is 11.9 Å². The highest BCUT2D eigenvalue weighted by Gasteiger charge is 2.20. The van der Waals surface area contributed by atoms with Gasteiger partial charge in [-0.25, -0.2) is 0 Å². The van der Waals surface area contributed by atoms with Crippen molar-refractivity contribution in [3.63, 3.8) is 0 Å². The Morgan fingerprint density at radius 2 is 2.39 bits per heavy atom. The number of aryl methyl sites for hydroxylation is 1. The quantitative estimate of drug-likeness (QED) is 0.873. The van der Waals surface area contributed by atoms with E-state index >= 15 is 0 Å². The number of likely N-dealkylation sites (tertiary alicyclic amines) is 1. The van der Waals surface area contributed by atoms with Crippen LogP contribution in [0.5, 0.6) is 0 Å². The third kappa shape index (κ3) is 3.81. The topological polar surface area (TPSA) is 59.2 Å². The zero-order chi connectivity index (χ0) is 12.8. The van der Waals surface area contributed by atoms with Crippen molar-refractivity contribution in [2.24, 2.45) is 5.73 Å². The molecule has 0 bridgehead atoms. The molecule has 1 aromatic rings. The predicted octanol–water partition coefficient (Wildman–Crippen LogP) is 1.35. The van der Waals surface area contributed by atoms with E-state index in [1.807, 2.05) is 23.1 Å². The van der Waals surface area contributed by atoms with Gasteiger partial charge in [-0.2, -0.15) is 0 Å². The molecule has 2 rings (SSSR count). The maximum Gasteiger partial charge on any atom is 0.222 e. The second-order valence-corrected chi connectivity index (χ2v) is 4.92. The molecule has 1 aliphatic rings. The first-order chi connectivity index (χ1) is 8.75. The van der Waals surface area contributed by atoms with Crippen LogP contribution < -0.4 is 5.73 Å². The fraction of sp³-hybridized carbons (Fsp3) is 0.571. The van der Waals surface area contributed by atoms with Gasteiger partial charge >= 0.3 is 0 Å². The first-order valence-electron chi connectivity index (χ1n) is 6.69. The van der Waals surface area contributed by atoms with Crippen molar-refractivity contribution in [1.82, 2.24) is 9.88 Å². The van der Waals surface area contributed by atoms with Crippen molar-refractivity contribution in [2.75, 3.05) is 13.1 Å². The summed E-state index contributed by atoms with van der Waals surface area (Å²) >= 11 is 0. The second-order valence-electron chi connectivity index (χ2n) is 4.92. The molecule has 1 aromatic heterocycles. The largest absolute Gasteiger partial charge is 0.341 e. The molecular weight excluding hydrogens is 226 g/mol. The molecule has 2 N–H and O–H groups in total. The lowest BCUT2D eigenvalue weighted by Gasteiger charge is -2.30. The van der Waals surface area contributed by atoms with Gasteiger partial charge in [0, 0.05) is 37.4 Å². The summed E-state index contributed by atoms with van der Waals surface area (Å²) in [5.74, 6) is 0.237. The summed E-state index contributed by atoms with van der Waals surface area (Å²) in [7, 11) is 0. The van der Waals surface area contributed by atoms with E-state index in [1.165, 1.54) is 0 Å². The van der Waals surface area contributed by atoms with Crippen LogP contribution in [-0.4, -0.2) is 34.9 Å². The average molecular weight is 247 g/mol. The van der Waals surface area contributed by atoms with Gasteiger partial charge in [0.25, 0.3) is 0 Å². The third-order valence-electron chi connectivity index (χ3n) is 3.36. The highest BCUT2D eigenvalue weighted by Crippen LogP contribution is 2.11. The molecule has 0 aromatic carbocycles. The van der Waals surface area contributed by atoms with Crippen LogP contribution in [0.1, 0.15) is 31.4 Å². The van der Waals surface area contributed by atoms with Crippen LogP contribution in [0, 0.1) is 0 Å². The van der Waals surface area contributed by atoms with Gasteiger partial charge in [-0.05, 0) is 37.8 Å². The number of rotatable bonds is 4. The van der Waals surface area contributed by atoms with Gasteiger partial charge in [-0.1, -0.05) is 6.07 Å². The Kier molecular flexibility index (Phi) is 4.70. The lowest BCUT2D eigenvalue weighted by atomic mass is 10.1. The van der Waals surface area contributed by atoms with E-state index in [1.54, 1.807) is 6.20 Å². The summed E-state index contributed by atoms with van der Waals surface area (Å²) in [6.45, 7) is 1.60. The molecule has 0 radical (unpaired) electrons. The maximum atomic E-state index is 12.0. The highest BCUT2D eigenvalue weighted by molar-refractivity contribution is 5.76. The van der Waals surface area contributed by atoms with Crippen LogP contribution in [0.15, 0.2) is 24.4 Å². The van der Waals surface area contributed by atoms with Crippen molar-refractivity contribution in [3.8, 4) is 0 Å². The summed E-state index contributed by atoms with van der Waals surface area (Å²) in [6.07, 6.45) is 6.20. The minimum absolute atomic E-state index is 0.165. The molecule has 1 atom stereocenters. The van der Waals surface area contributed by atoms with Gasteiger partial charge in [0.1, 0.15) is 0 Å². The fourth-order valence-electron chi connectivity index (χ4n) is 2.36. The number of hydrogen-bond donors (Lipinski definition) is 1. The van der Waals surface area contributed by atoms with Crippen molar-refractivity contribution in [2.45, 2.75) is 38.1 Å². The summed E-state index contributed by atoms with van der Waals surface area (Å²) in [5.41, 5.74) is 6.93. The van der Waals surface area contributed by atoms with Crippen molar-refractivity contribution >= 4 is 5.91 Å². The average Bonchev–Trinajstić information content (AvgIpc) is 2.40. The smallest absolute Gasteiger partial charge is 0.222 e. The highest BCUT2D eigenvalue weighted by atomic mass is 16.2. The molecule has 1 aliphatic heterocycles. The van der Waals surface area contributed by atoms with Gasteiger partial charge < -0.3 is 10.6 Å². The van der Waals surface area contributed by atoms with Crippen LogP contribution in [0.25, 0.3) is 0 Å². The molecule has 2 heterocycles. The molecule has 4 heteroatoms. The number of piperidine rings is 1. The van der Waals surface area contributed by atoms with E-state index in [9.17, 15) is 4.79 Å². The van der Waals surface area contributed by atoms with E-state index < -0.39 is 0 Å². The molecule has 0 saturated carbocycles. The molecule has 18 heavy (non-hydrogen) atoms. The number of carbonyl (C=O) groups is 1. The first kappa shape index (κ1) is 13.0. The van der Waals surface area contributed by atoms with Gasteiger partial charge in [0.05, 0.1) is 0 Å². The van der Waals surface area contributed by atoms with Gasteiger partial charge in [0.15, 0.2) is 0 Å². The number of nitrogens with two attached hydrogens (primary N) is 1. The molecule has 1 fully saturated rings. The summed E-state index contributed by atoms with van der Waals surface area (Å²) in [5, 5.41) is 0. The Labute approximate surface area is 108 Å². The van der Waals surface area contributed by atoms with Crippen LogP contribution in [-0.2, 0) is 11.2 Å². The normalized spacial score (nSPS) is 19.8. The van der Waals surface area contributed by atoms with E-state index in [0.29, 0.717) is 6.42 Å². The molecule has 98 valence electrons. The number of nitrogens with zero attached hydrogens (tertiary/aromatic N) is 2. The number of amides is 1. The van der Waals surface area contributed by atoms with E-state index in [2.05, 4.69) is 4.98 Å². The first-order valence-corrected chi connectivity index (χ1v) is 6.69. The van der Waals surface area contributed by atoms with Gasteiger partial charge in [-0.15, -0.1) is 0 Å². The molecule has 0 aliphatic carbocycles. The lowest BCUT2D eigenvalue weighted by Crippen LogP contribution is -2.45. The zero-order valence-electron chi connectivity index (χ0n) is 10.7. The number of pyridine rings is 1. The lowest BCUT2D eigenvalue weighted by molar-refractivity contribution is -0.132. The number of hydrogen-bond acceptors (Lipinski definition) is 3. The Bertz CT molecular complexity index is 380. The van der Waals surface area contributed by atoms with Crippen molar-refractivity contribution < 1.29 is 4.79 Å². The Morgan fingerprint density at radius 1 is 1.50 bits per heavy atom. The van der Waals surface area contributed by atoms with Gasteiger partial charge in [-0.3, -0.25) is 9.78 Å². The maximum absolute atomic E-state index is 12.0. The van der Waals surface area contributed by atoms with Crippen LogP contribution in [0.3, 0.4) is 0 Å². The Morgan fingerprint density at radius 3 is 3.11 bits per heavy atom. The minimum atomic E-state index is 0.165. The minimum Gasteiger partial charge on any atom is -0.341 e. The second kappa shape index (κ2) is 6.50. The Balaban J connectivity index is 1.71. The summed E-state index contributed by atoms with van der Waals surface area (Å²) < 4.78 is 0. The molecule has 1 unspecified atom stereocenters. The molecule has 1 saturated heterocycles. The van der Waals surface area contributed by atoms with Crippen molar-refractivity contribution in [3.05, 3.63) is 30.1 Å². The molecule has 4 nitrogen and oxygen atoms in total. The fourth-order valence-corrected chi connectivity index (χ4v) is 2.36. The summed E-state index contributed by atoms with van der Waals surface area (Å²) in [6, 6.07) is 6.05. The summed E-state index contributed by atoms with van der Waals surface area (Å²) in [4.78, 5) is 18.1.